The molecule has 96 valence electrons. The molecule has 0 aliphatic rings. The van der Waals surface area contributed by atoms with Gasteiger partial charge in [-0.2, -0.15) is 0 Å². The molecule has 1 aromatic heterocycles. The Bertz CT molecular complexity index is 394. The largest absolute Gasteiger partial charge is 0.436 e. The van der Waals surface area contributed by atoms with Gasteiger partial charge in [0.2, 0.25) is 5.76 Å². The highest BCUT2D eigenvalue weighted by atomic mass is 16.4. The van der Waals surface area contributed by atoms with E-state index >= 15 is 0 Å². The highest BCUT2D eigenvalue weighted by Crippen LogP contribution is 2.12. The number of nitrogens with zero attached hydrogens (tertiary/aromatic N) is 1. The molecule has 0 aromatic carbocycles. The molecule has 0 saturated carbocycles. The molecule has 0 unspecified atom stereocenters. The number of aromatic nitrogens is 1. The zero-order valence-electron chi connectivity index (χ0n) is 11.0. The van der Waals surface area contributed by atoms with Gasteiger partial charge in [-0.3, -0.25) is 4.79 Å². The minimum absolute atomic E-state index is 0.250. The van der Waals surface area contributed by atoms with E-state index in [0.29, 0.717) is 18.1 Å². The van der Waals surface area contributed by atoms with E-state index in [0.717, 1.165) is 12.8 Å². The predicted octanol–water partition coefficient (Wildman–Crippen LogP) is 1.54. The van der Waals surface area contributed by atoms with Crippen LogP contribution in [-0.2, 0) is 0 Å². The molecule has 0 aliphatic heterocycles. The van der Waals surface area contributed by atoms with Gasteiger partial charge in [0.1, 0.15) is 0 Å². The maximum absolute atomic E-state index is 11.9. The number of hydrogen-bond acceptors (Lipinski definition) is 4. The van der Waals surface area contributed by atoms with Crippen LogP contribution in [0.5, 0.6) is 0 Å². The fourth-order valence-electron chi connectivity index (χ4n) is 1.58. The molecule has 0 spiro atoms. The van der Waals surface area contributed by atoms with Crippen molar-refractivity contribution in [2.45, 2.75) is 46.1 Å². The van der Waals surface area contributed by atoms with Gasteiger partial charge in [-0.25, -0.2) is 4.98 Å². The molecule has 3 N–H and O–H groups in total. The molecular formula is C12H21N3O2. The molecule has 0 bridgehead atoms. The molecule has 0 aliphatic carbocycles. The summed E-state index contributed by atoms with van der Waals surface area (Å²) in [5.74, 6) is 0.523. The van der Waals surface area contributed by atoms with E-state index in [1.54, 1.807) is 13.8 Å². The smallest absolute Gasteiger partial charge is 0.289 e. The van der Waals surface area contributed by atoms with E-state index in [9.17, 15) is 4.79 Å². The summed E-state index contributed by atoms with van der Waals surface area (Å²) < 4.78 is 5.24. The molecular weight excluding hydrogens is 218 g/mol. The average Bonchev–Trinajstić information content (AvgIpc) is 2.65. The molecule has 1 amide bonds. The predicted molar refractivity (Wildman–Crippen MR) is 65.8 cm³/mol. The minimum Gasteiger partial charge on any atom is -0.436 e. The first kappa shape index (κ1) is 13.7. The van der Waals surface area contributed by atoms with Crippen molar-refractivity contribution in [3.05, 3.63) is 17.3 Å². The molecule has 0 radical (unpaired) electrons. The molecule has 5 heteroatoms. The number of amides is 1. The summed E-state index contributed by atoms with van der Waals surface area (Å²) in [4.78, 5) is 15.9. The molecule has 1 aromatic rings. The first-order valence-corrected chi connectivity index (χ1v) is 5.93. The number of nitrogens with one attached hydrogen (secondary N) is 1. The van der Waals surface area contributed by atoms with Crippen molar-refractivity contribution in [3.8, 4) is 0 Å². The fraction of sp³-hybridized carbons (Fsp3) is 0.667. The summed E-state index contributed by atoms with van der Waals surface area (Å²) >= 11 is 0. The average molecular weight is 239 g/mol. The second-order valence-corrected chi connectivity index (χ2v) is 4.40. The van der Waals surface area contributed by atoms with Gasteiger partial charge in [-0.05, 0) is 19.8 Å². The lowest BCUT2D eigenvalue weighted by Gasteiger charge is -2.26. The van der Waals surface area contributed by atoms with Crippen LogP contribution < -0.4 is 11.1 Å². The second-order valence-electron chi connectivity index (χ2n) is 4.40. The number of aryl methyl sites for hydroxylation is 2. The van der Waals surface area contributed by atoms with Crippen molar-refractivity contribution in [1.29, 1.82) is 0 Å². The van der Waals surface area contributed by atoms with Crippen molar-refractivity contribution in [1.82, 2.24) is 10.3 Å². The van der Waals surface area contributed by atoms with Gasteiger partial charge < -0.3 is 15.5 Å². The van der Waals surface area contributed by atoms with Crippen LogP contribution in [-0.4, -0.2) is 23.0 Å². The summed E-state index contributed by atoms with van der Waals surface area (Å²) in [6.45, 7) is 7.94. The molecule has 5 nitrogen and oxygen atoms in total. The Hall–Kier alpha value is -1.36. The lowest BCUT2D eigenvalue weighted by molar-refractivity contribution is 0.0912. The molecule has 0 fully saturated rings. The van der Waals surface area contributed by atoms with E-state index in [2.05, 4.69) is 10.3 Å². The number of rotatable bonds is 5. The highest BCUT2D eigenvalue weighted by molar-refractivity contribution is 5.92. The van der Waals surface area contributed by atoms with Gasteiger partial charge in [0.15, 0.2) is 5.89 Å². The number of hydrogen-bond donors (Lipinski definition) is 2. The van der Waals surface area contributed by atoms with Crippen molar-refractivity contribution in [3.63, 3.8) is 0 Å². The van der Waals surface area contributed by atoms with Crippen LogP contribution in [0.3, 0.4) is 0 Å². The number of carbonyl (C=O) groups is 1. The summed E-state index contributed by atoms with van der Waals surface area (Å²) in [6, 6.07) is 0. The topological polar surface area (TPSA) is 81.1 Å². The lowest BCUT2D eigenvalue weighted by atomic mass is 9.94. The maximum Gasteiger partial charge on any atom is 0.289 e. The molecule has 17 heavy (non-hydrogen) atoms. The Labute approximate surface area is 102 Å². The van der Waals surface area contributed by atoms with Gasteiger partial charge in [-0.15, -0.1) is 0 Å². The van der Waals surface area contributed by atoms with E-state index < -0.39 is 0 Å². The number of nitrogens with two attached hydrogens (primary N) is 1. The van der Waals surface area contributed by atoms with Gasteiger partial charge in [0.25, 0.3) is 5.91 Å². The summed E-state index contributed by atoms with van der Waals surface area (Å²) in [6.07, 6.45) is 1.64. The van der Waals surface area contributed by atoms with Gasteiger partial charge in [-0.1, -0.05) is 13.8 Å². The van der Waals surface area contributed by atoms with Gasteiger partial charge in [0.05, 0.1) is 5.69 Å². The molecule has 1 rings (SSSR count). The number of carbonyl (C=O) groups excluding carboxylic acids is 1. The van der Waals surface area contributed by atoms with Crippen LogP contribution in [0.4, 0.5) is 0 Å². The SMILES string of the molecule is CCC(N)(CC)CNC(=O)c1oc(C)nc1C. The third kappa shape index (κ3) is 3.30. The Morgan fingerprint density at radius 2 is 2.00 bits per heavy atom. The van der Waals surface area contributed by atoms with Crippen molar-refractivity contribution >= 4 is 5.91 Å². The Morgan fingerprint density at radius 1 is 1.41 bits per heavy atom. The zero-order valence-corrected chi connectivity index (χ0v) is 11.0. The Kier molecular flexibility index (Phi) is 4.28. The molecule has 1 heterocycles. The third-order valence-electron chi connectivity index (χ3n) is 3.12. The van der Waals surface area contributed by atoms with Crippen molar-refractivity contribution < 1.29 is 9.21 Å². The standard InChI is InChI=1S/C12H21N3O2/c1-5-12(13,6-2)7-14-11(16)10-8(3)15-9(4)17-10/h5-7,13H2,1-4H3,(H,14,16). The van der Waals surface area contributed by atoms with Crippen molar-refractivity contribution in [2.75, 3.05) is 6.54 Å². The van der Waals surface area contributed by atoms with Crippen LogP contribution >= 0.6 is 0 Å². The monoisotopic (exact) mass is 239 g/mol. The van der Waals surface area contributed by atoms with Gasteiger partial charge in [0, 0.05) is 19.0 Å². The normalized spacial score (nSPS) is 11.6. The van der Waals surface area contributed by atoms with Crippen LogP contribution in [0, 0.1) is 13.8 Å². The van der Waals surface area contributed by atoms with E-state index in [1.165, 1.54) is 0 Å². The van der Waals surface area contributed by atoms with Crippen LogP contribution in [0.25, 0.3) is 0 Å². The fourth-order valence-corrected chi connectivity index (χ4v) is 1.58. The summed E-state index contributed by atoms with van der Waals surface area (Å²) in [5.41, 5.74) is 6.36. The zero-order chi connectivity index (χ0) is 13.1. The Morgan fingerprint density at radius 3 is 2.41 bits per heavy atom. The van der Waals surface area contributed by atoms with Crippen LogP contribution in [0.1, 0.15) is 48.8 Å². The van der Waals surface area contributed by atoms with Crippen LogP contribution in [0.2, 0.25) is 0 Å². The van der Waals surface area contributed by atoms with Crippen LogP contribution in [0.15, 0.2) is 4.42 Å². The Balaban J connectivity index is 2.65. The first-order chi connectivity index (χ1) is 7.91. The highest BCUT2D eigenvalue weighted by Gasteiger charge is 2.23. The molecule has 0 saturated heterocycles. The second kappa shape index (κ2) is 5.31. The third-order valence-corrected chi connectivity index (χ3v) is 3.12. The first-order valence-electron chi connectivity index (χ1n) is 5.93. The van der Waals surface area contributed by atoms with E-state index in [-0.39, 0.29) is 17.2 Å². The minimum atomic E-state index is -0.349. The molecule has 0 atom stereocenters. The van der Waals surface area contributed by atoms with E-state index in [1.807, 2.05) is 13.8 Å². The maximum atomic E-state index is 11.9. The summed E-state index contributed by atoms with van der Waals surface area (Å²) in [5, 5.41) is 2.80. The van der Waals surface area contributed by atoms with E-state index in [4.69, 9.17) is 10.2 Å². The number of oxazole rings is 1. The summed E-state index contributed by atoms with van der Waals surface area (Å²) in [7, 11) is 0. The van der Waals surface area contributed by atoms with Gasteiger partial charge >= 0.3 is 0 Å². The van der Waals surface area contributed by atoms with Crippen molar-refractivity contribution in [2.24, 2.45) is 5.73 Å². The lowest BCUT2D eigenvalue weighted by Crippen LogP contribution is -2.49. The quantitative estimate of drug-likeness (QED) is 0.816.